The summed E-state index contributed by atoms with van der Waals surface area (Å²) in [7, 11) is 0. The molecule has 1 N–H and O–H groups in total. The quantitative estimate of drug-likeness (QED) is 0.765. The molecule has 9 heteroatoms. The molecule has 2 atom stereocenters. The van der Waals surface area contributed by atoms with Crippen LogP contribution in [0.3, 0.4) is 0 Å². The van der Waals surface area contributed by atoms with Crippen molar-refractivity contribution >= 4 is 30.7 Å². The third kappa shape index (κ3) is 4.07. The van der Waals surface area contributed by atoms with E-state index in [9.17, 15) is 4.79 Å². The number of hydrogen-bond donors (Lipinski definition) is 1. The first-order valence-corrected chi connectivity index (χ1v) is 10.5. The van der Waals surface area contributed by atoms with Gasteiger partial charge in [0.05, 0.1) is 5.41 Å². The van der Waals surface area contributed by atoms with Crippen molar-refractivity contribution in [3.8, 4) is 11.5 Å². The van der Waals surface area contributed by atoms with Crippen LogP contribution in [0.25, 0.3) is 11.5 Å². The number of hydrogen-bond acceptors (Lipinski definition) is 6. The van der Waals surface area contributed by atoms with Gasteiger partial charge in [-0.3, -0.25) is 9.78 Å². The average Bonchev–Trinajstić information content (AvgIpc) is 3.42. The Kier molecular flexibility index (Phi) is 7.37. The lowest BCUT2D eigenvalue weighted by Gasteiger charge is -2.42. The van der Waals surface area contributed by atoms with Gasteiger partial charge in [-0.15, -0.1) is 24.8 Å². The fourth-order valence-corrected chi connectivity index (χ4v) is 5.31. The molecule has 1 saturated carbocycles. The molecule has 7 nitrogen and oxygen atoms in total. The summed E-state index contributed by atoms with van der Waals surface area (Å²) in [5, 5.41) is 7.59. The van der Waals surface area contributed by atoms with Gasteiger partial charge in [0.25, 0.3) is 0 Å². The molecular formula is C21H29Cl2N5O2. The van der Waals surface area contributed by atoms with E-state index in [-0.39, 0.29) is 36.1 Å². The molecule has 0 radical (unpaired) electrons. The van der Waals surface area contributed by atoms with E-state index in [1.807, 2.05) is 18.2 Å². The Hall–Kier alpha value is -1.70. The molecule has 0 bridgehead atoms. The predicted octanol–water partition coefficient (Wildman–Crippen LogP) is 3.46. The van der Waals surface area contributed by atoms with E-state index in [0.29, 0.717) is 23.5 Å². The van der Waals surface area contributed by atoms with Gasteiger partial charge in [-0.25, -0.2) is 0 Å². The van der Waals surface area contributed by atoms with Gasteiger partial charge in [-0.1, -0.05) is 24.1 Å². The van der Waals surface area contributed by atoms with Gasteiger partial charge in [-0.05, 0) is 50.3 Å². The number of amides is 1. The minimum atomic E-state index is -0.151. The number of halogens is 2. The van der Waals surface area contributed by atoms with Crippen LogP contribution < -0.4 is 5.32 Å². The minimum absolute atomic E-state index is 0. The van der Waals surface area contributed by atoms with Gasteiger partial charge >= 0.3 is 0 Å². The lowest BCUT2D eigenvalue weighted by atomic mass is 9.67. The number of aromatic nitrogens is 3. The van der Waals surface area contributed by atoms with Crippen molar-refractivity contribution in [2.75, 3.05) is 26.2 Å². The summed E-state index contributed by atoms with van der Waals surface area (Å²) in [6.07, 6.45) is 8.16. The highest BCUT2D eigenvalue weighted by atomic mass is 35.5. The topological polar surface area (TPSA) is 84.2 Å². The van der Waals surface area contributed by atoms with E-state index >= 15 is 0 Å². The second-order valence-corrected chi connectivity index (χ2v) is 8.47. The van der Waals surface area contributed by atoms with Crippen molar-refractivity contribution < 1.29 is 9.32 Å². The molecular weight excluding hydrogens is 425 g/mol. The van der Waals surface area contributed by atoms with Gasteiger partial charge in [-0.2, -0.15) is 4.98 Å². The Morgan fingerprint density at radius 1 is 1.17 bits per heavy atom. The molecule has 4 heterocycles. The van der Waals surface area contributed by atoms with Crippen LogP contribution in [0, 0.1) is 11.3 Å². The highest BCUT2D eigenvalue weighted by Gasteiger charge is 2.51. The lowest BCUT2D eigenvalue weighted by molar-refractivity contribution is -0.146. The Labute approximate surface area is 189 Å². The highest BCUT2D eigenvalue weighted by molar-refractivity contribution is 5.85. The predicted molar refractivity (Wildman–Crippen MR) is 118 cm³/mol. The maximum atomic E-state index is 13.4. The Bertz CT molecular complexity index is 841. The van der Waals surface area contributed by atoms with Crippen molar-refractivity contribution in [2.24, 2.45) is 11.3 Å². The van der Waals surface area contributed by atoms with Crippen LogP contribution in [-0.2, 0) is 4.79 Å². The molecule has 0 unspecified atom stereocenters. The average molecular weight is 454 g/mol. The van der Waals surface area contributed by atoms with Gasteiger partial charge < -0.3 is 14.7 Å². The summed E-state index contributed by atoms with van der Waals surface area (Å²) in [5.41, 5.74) is 0.572. The van der Waals surface area contributed by atoms with E-state index in [1.165, 1.54) is 19.3 Å². The van der Waals surface area contributed by atoms with Crippen LogP contribution in [-0.4, -0.2) is 52.1 Å². The molecule has 2 saturated heterocycles. The minimum Gasteiger partial charge on any atom is -0.342 e. The SMILES string of the molecule is Cl.Cl.O=C(N1CCC(c2nc(-c3ccccn3)no2)CC1)[C@@]12CCCC[C@H]1CNC2. The van der Waals surface area contributed by atoms with Crippen molar-refractivity contribution in [3.63, 3.8) is 0 Å². The molecule has 30 heavy (non-hydrogen) atoms. The summed E-state index contributed by atoms with van der Waals surface area (Å²) in [4.78, 5) is 24.4. The maximum absolute atomic E-state index is 13.4. The molecule has 164 valence electrons. The first-order chi connectivity index (χ1) is 13.8. The molecule has 2 aliphatic heterocycles. The number of fused-ring (bicyclic) bond motifs is 1. The maximum Gasteiger partial charge on any atom is 0.230 e. The second-order valence-electron chi connectivity index (χ2n) is 8.47. The third-order valence-corrected chi connectivity index (χ3v) is 6.93. The molecule has 2 aromatic heterocycles. The summed E-state index contributed by atoms with van der Waals surface area (Å²) in [5.74, 6) is 2.32. The first-order valence-electron chi connectivity index (χ1n) is 10.5. The summed E-state index contributed by atoms with van der Waals surface area (Å²) < 4.78 is 5.52. The number of likely N-dealkylation sites (tertiary alicyclic amines) is 1. The van der Waals surface area contributed by atoms with E-state index in [1.54, 1.807) is 6.20 Å². The summed E-state index contributed by atoms with van der Waals surface area (Å²) in [6, 6.07) is 5.66. The lowest BCUT2D eigenvalue weighted by Crippen LogP contribution is -2.51. The Morgan fingerprint density at radius 3 is 2.77 bits per heavy atom. The second kappa shape index (κ2) is 9.62. The first kappa shape index (κ1) is 23.0. The summed E-state index contributed by atoms with van der Waals surface area (Å²) >= 11 is 0. The molecule has 1 aliphatic carbocycles. The van der Waals surface area contributed by atoms with Crippen LogP contribution in [0.15, 0.2) is 28.9 Å². The Balaban J connectivity index is 0.00000128. The number of pyridine rings is 1. The number of carbonyl (C=O) groups excluding carboxylic acids is 1. The van der Waals surface area contributed by atoms with Gasteiger partial charge in [0.1, 0.15) is 5.69 Å². The fraction of sp³-hybridized carbons (Fsp3) is 0.619. The van der Waals surface area contributed by atoms with Crippen LogP contribution in [0.1, 0.15) is 50.3 Å². The van der Waals surface area contributed by atoms with E-state index < -0.39 is 0 Å². The number of rotatable bonds is 3. The van der Waals surface area contributed by atoms with Crippen LogP contribution in [0.4, 0.5) is 0 Å². The van der Waals surface area contributed by atoms with E-state index in [0.717, 1.165) is 51.1 Å². The van der Waals surface area contributed by atoms with Gasteiger partial charge in [0.2, 0.25) is 17.6 Å². The number of piperidine rings is 1. The third-order valence-electron chi connectivity index (χ3n) is 6.93. The van der Waals surface area contributed by atoms with Crippen LogP contribution in [0.5, 0.6) is 0 Å². The Morgan fingerprint density at radius 2 is 2.00 bits per heavy atom. The standard InChI is InChI=1S/C21H27N5O2.2ClH/c27-20(21-9-3-1-5-16(21)13-22-14-21)26-11-7-15(8-12-26)19-24-18(25-28-19)17-6-2-4-10-23-17;;/h2,4,6,10,15-16,22H,1,3,5,7-9,11-14H2;2*1H/t16-,21+;;/m0../s1. The molecule has 0 spiro atoms. The van der Waals surface area contributed by atoms with Crippen LogP contribution in [0.2, 0.25) is 0 Å². The largest absolute Gasteiger partial charge is 0.342 e. The summed E-state index contributed by atoms with van der Waals surface area (Å²) in [6.45, 7) is 3.41. The van der Waals surface area contributed by atoms with Crippen molar-refractivity contribution in [3.05, 3.63) is 30.3 Å². The van der Waals surface area contributed by atoms with Crippen molar-refractivity contribution in [1.82, 2.24) is 25.3 Å². The zero-order chi connectivity index (χ0) is 19.0. The van der Waals surface area contributed by atoms with Gasteiger partial charge in [0, 0.05) is 31.7 Å². The van der Waals surface area contributed by atoms with E-state index in [4.69, 9.17) is 4.52 Å². The normalized spacial score (nSPS) is 26.4. The number of nitrogens with one attached hydrogen (secondary N) is 1. The fourth-order valence-electron chi connectivity index (χ4n) is 5.31. The molecule has 2 aromatic rings. The van der Waals surface area contributed by atoms with Crippen molar-refractivity contribution in [1.29, 1.82) is 0 Å². The van der Waals surface area contributed by atoms with Gasteiger partial charge in [0.15, 0.2) is 0 Å². The smallest absolute Gasteiger partial charge is 0.230 e. The highest BCUT2D eigenvalue weighted by Crippen LogP contribution is 2.45. The number of carbonyl (C=O) groups is 1. The van der Waals surface area contributed by atoms with E-state index in [2.05, 4.69) is 25.3 Å². The molecule has 5 rings (SSSR count). The molecule has 0 aromatic carbocycles. The molecule has 3 fully saturated rings. The van der Waals surface area contributed by atoms with Crippen LogP contribution >= 0.6 is 24.8 Å². The zero-order valence-electron chi connectivity index (χ0n) is 17.0. The number of nitrogens with zero attached hydrogens (tertiary/aromatic N) is 4. The molecule has 1 amide bonds. The monoisotopic (exact) mass is 453 g/mol. The van der Waals surface area contributed by atoms with Crippen molar-refractivity contribution in [2.45, 2.75) is 44.4 Å². The zero-order valence-corrected chi connectivity index (χ0v) is 18.6. The molecule has 3 aliphatic rings.